The minimum absolute atomic E-state index is 0.0220. The highest BCUT2D eigenvalue weighted by Gasteiger charge is 2.44. The van der Waals surface area contributed by atoms with Crippen LogP contribution in [0.3, 0.4) is 0 Å². The van der Waals surface area contributed by atoms with Gasteiger partial charge in [0.2, 0.25) is 16.4 Å². The number of hydrogen-bond acceptors (Lipinski definition) is 15. The number of carbonyl (C=O) groups excluding carboxylic acids is 2. The SMILES string of the molecule is CCOC(=O)C(C)OP(=O)(COc1ccc(C[C@H](NC(=O)O[C@H]2CO[C@H]3OCC[C@H]32)[C@H](O)CN(CC(C)C)S(=O)(=O)c2ccc(OC)cc2)cc1)Oc1cccc(CN(C)C)c1. The molecule has 5 rings (SSSR count). The van der Waals surface area contributed by atoms with Gasteiger partial charge in [0.1, 0.15) is 23.4 Å². The molecule has 0 bridgehead atoms. The van der Waals surface area contributed by atoms with Crippen molar-refractivity contribution in [1.29, 1.82) is 0 Å². The molecule has 0 spiro atoms. The van der Waals surface area contributed by atoms with Gasteiger partial charge in [-0.15, -0.1) is 0 Å². The Hall–Kier alpha value is -4.26. The van der Waals surface area contributed by atoms with Crippen LogP contribution in [0.1, 0.15) is 45.2 Å². The summed E-state index contributed by atoms with van der Waals surface area (Å²) >= 11 is 0. The van der Waals surface area contributed by atoms with Crippen molar-refractivity contribution in [2.75, 3.05) is 60.5 Å². The van der Waals surface area contributed by atoms with Gasteiger partial charge in [-0.1, -0.05) is 38.1 Å². The second kappa shape index (κ2) is 22.4. The monoisotopic (exact) mass is 905 g/mol. The molecule has 3 aromatic rings. The highest BCUT2D eigenvalue weighted by atomic mass is 32.2. The van der Waals surface area contributed by atoms with Gasteiger partial charge in [0.05, 0.1) is 49.9 Å². The Morgan fingerprint density at radius 2 is 1.66 bits per heavy atom. The van der Waals surface area contributed by atoms with Crippen LogP contribution in [-0.2, 0) is 55.8 Å². The fraction of sp³-hybridized carbons (Fsp3) is 0.535. The number of rotatable bonds is 23. The number of aliphatic hydroxyl groups excluding tert-OH is 1. The van der Waals surface area contributed by atoms with Crippen molar-refractivity contribution in [2.45, 2.75) is 82.6 Å². The highest BCUT2D eigenvalue weighted by molar-refractivity contribution is 7.89. The Bertz CT molecular complexity index is 2070. The van der Waals surface area contributed by atoms with Crippen LogP contribution in [0.25, 0.3) is 0 Å². The van der Waals surface area contributed by atoms with Gasteiger partial charge in [0, 0.05) is 19.6 Å². The molecule has 2 N–H and O–H groups in total. The molecular weight excluding hydrogens is 846 g/mol. The molecule has 2 aliphatic heterocycles. The Labute approximate surface area is 364 Å². The van der Waals surface area contributed by atoms with Gasteiger partial charge in [0.25, 0.3) is 0 Å². The van der Waals surface area contributed by atoms with Crippen LogP contribution >= 0.6 is 7.60 Å². The lowest BCUT2D eigenvalue weighted by Gasteiger charge is -2.31. The van der Waals surface area contributed by atoms with Crippen LogP contribution in [0, 0.1) is 11.8 Å². The minimum Gasteiger partial charge on any atom is -0.497 e. The van der Waals surface area contributed by atoms with Crippen molar-refractivity contribution >= 4 is 29.7 Å². The maximum Gasteiger partial charge on any atom is 0.417 e. The maximum atomic E-state index is 14.2. The number of carbonyl (C=O) groups is 2. The summed E-state index contributed by atoms with van der Waals surface area (Å²) in [6, 6.07) is 18.5. The van der Waals surface area contributed by atoms with E-state index in [0.717, 1.165) is 5.56 Å². The van der Waals surface area contributed by atoms with Crippen molar-refractivity contribution < 1.29 is 65.1 Å². The van der Waals surface area contributed by atoms with Crippen LogP contribution in [0.2, 0.25) is 0 Å². The van der Waals surface area contributed by atoms with Crippen LogP contribution in [0.5, 0.6) is 17.2 Å². The topological polar surface area (TPSA) is 198 Å². The standard InChI is InChI=1S/C43H60N3O14PS/c1-8-54-41(48)30(4)59-61(50,60-35-11-9-10-32(22-35)25-45(5)6)28-57-34-14-12-31(13-15-34)23-38(44-43(49)58-40-27-56-42-37(40)20-21-55-42)39(47)26-46(24-29(2)3)62(51,52)36-18-16-33(53-7)17-19-36/h9-19,22,29-30,37-40,42,47H,8,20-21,23-28H2,1-7H3,(H,44,49)/t30?,37-,38-,39+,40-,42+,61?/m0/s1. The summed E-state index contributed by atoms with van der Waals surface area (Å²) in [5, 5.41) is 14.6. The van der Waals surface area contributed by atoms with E-state index in [-0.39, 0.29) is 61.0 Å². The molecule has 342 valence electrons. The third kappa shape index (κ3) is 13.9. The Kier molecular flexibility index (Phi) is 17.6. The molecule has 2 unspecified atom stereocenters. The summed E-state index contributed by atoms with van der Waals surface area (Å²) in [7, 11) is -2.92. The van der Waals surface area contributed by atoms with Gasteiger partial charge in [-0.3, -0.25) is 4.52 Å². The third-order valence-electron chi connectivity index (χ3n) is 10.0. The van der Waals surface area contributed by atoms with E-state index in [0.29, 0.717) is 30.9 Å². The van der Waals surface area contributed by atoms with Crippen LogP contribution in [0.4, 0.5) is 4.79 Å². The molecule has 19 heteroatoms. The van der Waals surface area contributed by atoms with E-state index in [2.05, 4.69) is 5.32 Å². The quantitative estimate of drug-likeness (QED) is 0.0901. The van der Waals surface area contributed by atoms with Crippen molar-refractivity contribution in [1.82, 2.24) is 14.5 Å². The number of amides is 1. The van der Waals surface area contributed by atoms with Crippen LogP contribution < -0.4 is 19.3 Å². The van der Waals surface area contributed by atoms with E-state index >= 15 is 0 Å². The number of alkyl carbamates (subject to hydrolysis) is 1. The number of fused-ring (bicyclic) bond motifs is 1. The smallest absolute Gasteiger partial charge is 0.417 e. The molecule has 3 aromatic carbocycles. The summed E-state index contributed by atoms with van der Waals surface area (Å²) in [5.41, 5.74) is 1.53. The number of sulfonamides is 1. The van der Waals surface area contributed by atoms with E-state index in [4.69, 9.17) is 37.5 Å². The Morgan fingerprint density at radius 3 is 2.32 bits per heavy atom. The molecule has 2 aliphatic rings. The van der Waals surface area contributed by atoms with Crippen molar-refractivity contribution in [3.8, 4) is 17.2 Å². The Morgan fingerprint density at radius 1 is 0.952 bits per heavy atom. The number of aliphatic hydroxyl groups is 1. The predicted octanol–water partition coefficient (Wildman–Crippen LogP) is 5.44. The molecule has 0 radical (unpaired) electrons. The number of esters is 1. The summed E-state index contributed by atoms with van der Waals surface area (Å²) in [6.07, 6.45) is -4.28. The van der Waals surface area contributed by atoms with Crippen LogP contribution in [0.15, 0.2) is 77.7 Å². The van der Waals surface area contributed by atoms with E-state index in [1.165, 1.54) is 30.5 Å². The first-order chi connectivity index (χ1) is 29.5. The number of benzene rings is 3. The second-order valence-electron chi connectivity index (χ2n) is 15.9. The lowest BCUT2D eigenvalue weighted by atomic mass is 10.0. The van der Waals surface area contributed by atoms with E-state index in [1.54, 1.807) is 61.5 Å². The summed E-state index contributed by atoms with van der Waals surface area (Å²) in [4.78, 5) is 27.9. The van der Waals surface area contributed by atoms with Gasteiger partial charge < -0.3 is 48.3 Å². The first-order valence-corrected chi connectivity index (χ1v) is 23.8. The normalized spacial score (nSPS) is 20.0. The lowest BCUT2D eigenvalue weighted by molar-refractivity contribution is -0.150. The van der Waals surface area contributed by atoms with E-state index in [1.807, 2.05) is 38.9 Å². The van der Waals surface area contributed by atoms with Gasteiger partial charge in [-0.25, -0.2) is 22.6 Å². The zero-order valence-corrected chi connectivity index (χ0v) is 38.0. The lowest BCUT2D eigenvalue weighted by Crippen LogP contribution is -2.51. The van der Waals surface area contributed by atoms with Crippen molar-refractivity contribution in [2.24, 2.45) is 11.8 Å². The molecule has 0 aliphatic carbocycles. The molecule has 2 fully saturated rings. The molecule has 7 atom stereocenters. The number of ether oxygens (including phenoxy) is 6. The largest absolute Gasteiger partial charge is 0.497 e. The molecule has 0 aromatic heterocycles. The number of methoxy groups -OCH3 is 1. The average molecular weight is 906 g/mol. The number of nitrogens with zero attached hydrogens (tertiary/aromatic N) is 2. The fourth-order valence-electron chi connectivity index (χ4n) is 7.04. The summed E-state index contributed by atoms with van der Waals surface area (Å²) < 4.78 is 88.1. The third-order valence-corrected chi connectivity index (χ3v) is 13.4. The molecule has 2 heterocycles. The predicted molar refractivity (Wildman–Crippen MR) is 228 cm³/mol. The Balaban J connectivity index is 1.33. The zero-order valence-electron chi connectivity index (χ0n) is 36.3. The first kappa shape index (κ1) is 48.8. The molecule has 1 amide bonds. The van der Waals surface area contributed by atoms with Crippen LogP contribution in [-0.4, -0.2) is 126 Å². The zero-order chi connectivity index (χ0) is 45.0. The van der Waals surface area contributed by atoms with Gasteiger partial charge in [-0.2, -0.15) is 4.31 Å². The fourth-order valence-corrected chi connectivity index (χ4v) is 10.1. The summed E-state index contributed by atoms with van der Waals surface area (Å²) in [5.74, 6) is 0.0899. The number of nitrogens with one attached hydrogen (secondary N) is 1. The second-order valence-corrected chi connectivity index (χ2v) is 19.7. The van der Waals surface area contributed by atoms with Gasteiger partial charge in [-0.05, 0) is 106 Å². The minimum atomic E-state index is -4.15. The molecule has 0 saturated carbocycles. The highest BCUT2D eigenvalue weighted by Crippen LogP contribution is 2.50. The van der Waals surface area contributed by atoms with Gasteiger partial charge >= 0.3 is 19.7 Å². The maximum absolute atomic E-state index is 14.2. The van der Waals surface area contributed by atoms with E-state index < -0.39 is 66.7 Å². The molecular formula is C43H60N3O14PS. The molecule has 17 nitrogen and oxygen atoms in total. The van der Waals surface area contributed by atoms with Gasteiger partial charge in [0.15, 0.2) is 12.4 Å². The average Bonchev–Trinajstić information content (AvgIpc) is 3.85. The van der Waals surface area contributed by atoms with Crippen molar-refractivity contribution in [3.05, 3.63) is 83.9 Å². The van der Waals surface area contributed by atoms with E-state index in [9.17, 15) is 27.7 Å². The summed E-state index contributed by atoms with van der Waals surface area (Å²) in [6.45, 7) is 7.89. The van der Waals surface area contributed by atoms with Crippen molar-refractivity contribution in [3.63, 3.8) is 0 Å². The number of hydrogen-bond donors (Lipinski definition) is 2. The molecule has 62 heavy (non-hydrogen) atoms. The molecule has 2 saturated heterocycles. The first-order valence-electron chi connectivity index (χ1n) is 20.6.